The van der Waals surface area contributed by atoms with Crippen molar-refractivity contribution >= 4 is 11.6 Å². The van der Waals surface area contributed by atoms with Gasteiger partial charge in [-0.05, 0) is 37.0 Å². The lowest BCUT2D eigenvalue weighted by Crippen LogP contribution is -2.30. The van der Waals surface area contributed by atoms with Crippen molar-refractivity contribution in [1.82, 2.24) is 4.90 Å². The molecule has 0 atom stereocenters. The van der Waals surface area contributed by atoms with Crippen LogP contribution in [-0.4, -0.2) is 17.4 Å². The fourth-order valence-corrected chi connectivity index (χ4v) is 2.29. The first-order chi connectivity index (χ1) is 8.18. The van der Waals surface area contributed by atoms with Crippen molar-refractivity contribution < 1.29 is 4.79 Å². The average Bonchev–Trinajstić information content (AvgIpc) is 2.51. The zero-order valence-corrected chi connectivity index (χ0v) is 10.4. The van der Waals surface area contributed by atoms with Crippen LogP contribution >= 0.6 is 0 Å². The molecule has 17 heavy (non-hydrogen) atoms. The maximum absolute atomic E-state index is 11.9. The lowest BCUT2D eigenvalue weighted by Gasteiger charge is -2.22. The molecule has 3 heteroatoms. The Morgan fingerprint density at radius 1 is 1.29 bits per heavy atom. The normalized spacial score (nSPS) is 17.0. The summed E-state index contributed by atoms with van der Waals surface area (Å²) < 4.78 is 0. The van der Waals surface area contributed by atoms with Gasteiger partial charge in [-0.1, -0.05) is 18.6 Å². The predicted molar refractivity (Wildman–Crippen MR) is 69.5 cm³/mol. The summed E-state index contributed by atoms with van der Waals surface area (Å²) in [4.78, 5) is 13.9. The van der Waals surface area contributed by atoms with E-state index in [4.69, 9.17) is 5.73 Å². The highest BCUT2D eigenvalue weighted by atomic mass is 16.2. The van der Waals surface area contributed by atoms with Crippen molar-refractivity contribution in [2.75, 3.05) is 12.3 Å². The number of carbonyl (C=O) groups excluding carboxylic acids is 1. The predicted octanol–water partition coefficient (Wildman–Crippen LogP) is 2.48. The van der Waals surface area contributed by atoms with Gasteiger partial charge >= 0.3 is 0 Å². The molecule has 1 aliphatic rings. The van der Waals surface area contributed by atoms with E-state index in [-0.39, 0.29) is 5.91 Å². The van der Waals surface area contributed by atoms with Gasteiger partial charge in [-0.25, -0.2) is 0 Å². The van der Waals surface area contributed by atoms with Crippen molar-refractivity contribution in [1.29, 1.82) is 0 Å². The molecule has 0 unspecified atom stereocenters. The summed E-state index contributed by atoms with van der Waals surface area (Å²) in [7, 11) is 0. The minimum Gasteiger partial charge on any atom is -0.399 e. The summed E-state index contributed by atoms with van der Waals surface area (Å²) in [5.41, 5.74) is 8.97. The van der Waals surface area contributed by atoms with E-state index < -0.39 is 0 Å². The molecule has 1 heterocycles. The van der Waals surface area contributed by atoms with Crippen molar-refractivity contribution in [2.45, 2.75) is 39.2 Å². The number of hydrogen-bond acceptors (Lipinski definition) is 2. The largest absolute Gasteiger partial charge is 0.399 e. The van der Waals surface area contributed by atoms with Gasteiger partial charge in [-0.2, -0.15) is 0 Å². The maximum Gasteiger partial charge on any atom is 0.222 e. The highest BCUT2D eigenvalue weighted by Gasteiger charge is 2.17. The Labute approximate surface area is 103 Å². The quantitative estimate of drug-likeness (QED) is 0.796. The second-order valence-corrected chi connectivity index (χ2v) is 4.76. The fraction of sp³-hybridized carbons (Fsp3) is 0.500. The van der Waals surface area contributed by atoms with E-state index in [1.54, 1.807) is 0 Å². The monoisotopic (exact) mass is 232 g/mol. The number of benzene rings is 1. The maximum atomic E-state index is 11.9. The molecule has 0 aliphatic carbocycles. The third-order valence-electron chi connectivity index (χ3n) is 3.52. The standard InChI is InChI=1S/C14H20N2O/c1-11-12(6-5-7-13(11)15)10-16-9-4-2-3-8-14(16)17/h5-7H,2-4,8-10,15H2,1H3. The van der Waals surface area contributed by atoms with E-state index in [0.29, 0.717) is 13.0 Å². The second-order valence-electron chi connectivity index (χ2n) is 4.76. The number of carbonyl (C=O) groups is 1. The smallest absolute Gasteiger partial charge is 0.222 e. The molecule has 0 saturated carbocycles. The minimum atomic E-state index is 0.282. The highest BCUT2D eigenvalue weighted by Crippen LogP contribution is 2.19. The Hall–Kier alpha value is -1.51. The number of hydrogen-bond donors (Lipinski definition) is 1. The summed E-state index contributed by atoms with van der Waals surface area (Å²) >= 11 is 0. The highest BCUT2D eigenvalue weighted by molar-refractivity contribution is 5.76. The van der Waals surface area contributed by atoms with Gasteiger partial charge in [-0.15, -0.1) is 0 Å². The topological polar surface area (TPSA) is 46.3 Å². The zero-order valence-electron chi connectivity index (χ0n) is 10.4. The molecule has 1 saturated heterocycles. The first-order valence-corrected chi connectivity index (χ1v) is 6.30. The van der Waals surface area contributed by atoms with Gasteiger partial charge in [0.15, 0.2) is 0 Å². The van der Waals surface area contributed by atoms with Crippen LogP contribution in [-0.2, 0) is 11.3 Å². The van der Waals surface area contributed by atoms with Gasteiger partial charge in [0.25, 0.3) is 0 Å². The van der Waals surface area contributed by atoms with E-state index in [0.717, 1.165) is 37.1 Å². The van der Waals surface area contributed by atoms with Gasteiger partial charge in [-0.3, -0.25) is 4.79 Å². The van der Waals surface area contributed by atoms with E-state index >= 15 is 0 Å². The lowest BCUT2D eigenvalue weighted by molar-refractivity contribution is -0.131. The van der Waals surface area contributed by atoms with Crippen molar-refractivity contribution in [3.05, 3.63) is 29.3 Å². The van der Waals surface area contributed by atoms with Gasteiger partial charge in [0.1, 0.15) is 0 Å². The molecule has 1 fully saturated rings. The Kier molecular flexibility index (Phi) is 3.67. The molecule has 3 nitrogen and oxygen atoms in total. The van der Waals surface area contributed by atoms with Crippen LogP contribution in [0.5, 0.6) is 0 Å². The van der Waals surface area contributed by atoms with E-state index in [2.05, 4.69) is 6.07 Å². The molecule has 92 valence electrons. The van der Waals surface area contributed by atoms with Gasteiger partial charge in [0.2, 0.25) is 5.91 Å². The van der Waals surface area contributed by atoms with Crippen LogP contribution in [0.15, 0.2) is 18.2 Å². The molecule has 1 aromatic carbocycles. The Bertz CT molecular complexity index is 415. The van der Waals surface area contributed by atoms with Crippen LogP contribution in [0.1, 0.15) is 36.8 Å². The molecule has 2 N–H and O–H groups in total. The molecule has 1 amide bonds. The van der Waals surface area contributed by atoms with Crippen LogP contribution in [0.4, 0.5) is 5.69 Å². The average molecular weight is 232 g/mol. The number of amides is 1. The summed E-state index contributed by atoms with van der Waals surface area (Å²) in [5, 5.41) is 0. The van der Waals surface area contributed by atoms with E-state index in [9.17, 15) is 4.79 Å². The molecular weight excluding hydrogens is 212 g/mol. The zero-order chi connectivity index (χ0) is 12.3. The van der Waals surface area contributed by atoms with Crippen LogP contribution in [0.3, 0.4) is 0 Å². The summed E-state index contributed by atoms with van der Waals surface area (Å²) in [6.07, 6.45) is 4.01. The summed E-state index contributed by atoms with van der Waals surface area (Å²) in [5.74, 6) is 0.282. The van der Waals surface area contributed by atoms with Crippen molar-refractivity contribution in [2.24, 2.45) is 0 Å². The van der Waals surface area contributed by atoms with Crippen molar-refractivity contribution in [3.63, 3.8) is 0 Å². The summed E-state index contributed by atoms with van der Waals surface area (Å²) in [6.45, 7) is 3.61. The second kappa shape index (κ2) is 5.21. The molecule has 0 radical (unpaired) electrons. The third-order valence-corrected chi connectivity index (χ3v) is 3.52. The molecule has 0 bridgehead atoms. The molecular formula is C14H20N2O. The fourth-order valence-electron chi connectivity index (χ4n) is 2.29. The molecule has 0 aromatic heterocycles. The Balaban J connectivity index is 2.13. The van der Waals surface area contributed by atoms with Crippen LogP contribution < -0.4 is 5.73 Å². The number of anilines is 1. The number of nitrogens with zero attached hydrogens (tertiary/aromatic N) is 1. The van der Waals surface area contributed by atoms with Gasteiger partial charge in [0, 0.05) is 25.2 Å². The molecule has 0 spiro atoms. The number of nitrogen functional groups attached to an aromatic ring is 1. The molecule has 1 aromatic rings. The SMILES string of the molecule is Cc1c(N)cccc1CN1CCCCCC1=O. The van der Waals surface area contributed by atoms with Gasteiger partial charge < -0.3 is 10.6 Å². The van der Waals surface area contributed by atoms with Crippen molar-refractivity contribution in [3.8, 4) is 0 Å². The third kappa shape index (κ3) is 2.78. The van der Waals surface area contributed by atoms with Crippen LogP contribution in [0.25, 0.3) is 0 Å². The first-order valence-electron chi connectivity index (χ1n) is 6.30. The molecule has 2 rings (SSSR count). The number of nitrogens with two attached hydrogens (primary N) is 1. The lowest BCUT2D eigenvalue weighted by atomic mass is 10.1. The minimum absolute atomic E-state index is 0.282. The first kappa shape index (κ1) is 12.0. The Morgan fingerprint density at radius 3 is 2.94 bits per heavy atom. The van der Waals surface area contributed by atoms with E-state index in [1.807, 2.05) is 24.0 Å². The van der Waals surface area contributed by atoms with Crippen LogP contribution in [0, 0.1) is 6.92 Å². The van der Waals surface area contributed by atoms with E-state index in [1.165, 1.54) is 5.56 Å². The summed E-state index contributed by atoms with van der Waals surface area (Å²) in [6, 6.07) is 5.92. The Morgan fingerprint density at radius 2 is 2.12 bits per heavy atom. The van der Waals surface area contributed by atoms with Gasteiger partial charge in [0.05, 0.1) is 0 Å². The number of likely N-dealkylation sites (tertiary alicyclic amines) is 1. The molecule has 1 aliphatic heterocycles. The number of rotatable bonds is 2. The van der Waals surface area contributed by atoms with Crippen LogP contribution in [0.2, 0.25) is 0 Å².